The van der Waals surface area contributed by atoms with Crippen LogP contribution in [0.2, 0.25) is 0 Å². The minimum absolute atomic E-state index is 0.591. The Morgan fingerprint density at radius 1 is 0.677 bits per heavy atom. The van der Waals surface area contributed by atoms with E-state index in [2.05, 4.69) is 41.2 Å². The molecule has 0 aliphatic carbocycles. The van der Waals surface area contributed by atoms with Gasteiger partial charge in [-0.1, -0.05) is 95.9 Å². The summed E-state index contributed by atoms with van der Waals surface area (Å²) < 4.78 is 13.2. The zero-order chi connectivity index (χ0) is 22.2. The Kier molecular flexibility index (Phi) is 13.1. The maximum absolute atomic E-state index is 13.2. The van der Waals surface area contributed by atoms with Crippen LogP contribution in [0.4, 0.5) is 4.39 Å². The molecule has 0 N–H and O–H groups in total. The number of hydrogen-bond acceptors (Lipinski definition) is 2. The van der Waals surface area contributed by atoms with Gasteiger partial charge in [-0.25, -0.2) is 14.4 Å². The van der Waals surface area contributed by atoms with Crippen LogP contribution in [0.25, 0.3) is 11.4 Å². The van der Waals surface area contributed by atoms with Crippen molar-refractivity contribution in [2.24, 2.45) is 0 Å². The Morgan fingerprint density at radius 3 is 1.84 bits per heavy atom. The van der Waals surface area contributed by atoms with Crippen molar-refractivity contribution in [3.63, 3.8) is 0 Å². The fraction of sp³-hybridized carbons (Fsp3) is 0.643. The van der Waals surface area contributed by atoms with Crippen LogP contribution >= 0.6 is 0 Å². The first-order chi connectivity index (χ1) is 15.2. The Hall–Kier alpha value is -1.77. The first-order valence-corrected chi connectivity index (χ1v) is 12.8. The summed E-state index contributed by atoms with van der Waals surface area (Å²) in [5, 5.41) is 0. The lowest BCUT2D eigenvalue weighted by molar-refractivity contribution is 0.296. The molecule has 172 valence electrons. The van der Waals surface area contributed by atoms with Gasteiger partial charge in [-0.05, 0) is 49.7 Å². The Bertz CT molecular complexity index is 681. The molecular formula is C28H43FN2. The summed E-state index contributed by atoms with van der Waals surface area (Å²) in [4.78, 5) is 9.17. The molecular weight excluding hydrogens is 383 g/mol. The number of nitrogens with zero attached hydrogens (tertiary/aromatic N) is 2. The van der Waals surface area contributed by atoms with E-state index in [1.54, 1.807) is 0 Å². The molecule has 2 rings (SSSR count). The number of halogens is 1. The van der Waals surface area contributed by atoms with Crippen molar-refractivity contribution >= 4 is 0 Å². The van der Waals surface area contributed by atoms with Crippen molar-refractivity contribution in [2.75, 3.05) is 0 Å². The van der Waals surface area contributed by atoms with Gasteiger partial charge in [-0.2, -0.15) is 0 Å². The number of benzene rings is 1. The smallest absolute Gasteiger partial charge is 0.159 e. The molecule has 0 aliphatic heterocycles. The maximum atomic E-state index is 13.2. The van der Waals surface area contributed by atoms with Crippen molar-refractivity contribution in [1.29, 1.82) is 0 Å². The third-order valence-electron chi connectivity index (χ3n) is 6.16. The van der Waals surface area contributed by atoms with Gasteiger partial charge in [-0.3, -0.25) is 0 Å². The van der Waals surface area contributed by atoms with Crippen molar-refractivity contribution in [3.05, 3.63) is 47.8 Å². The molecule has 1 aromatic carbocycles. The first-order valence-electron chi connectivity index (χ1n) is 12.8. The SMILES string of the molecule is CCCCCCCc1cnc(-c2ccc(CCCCCCCCC(F)CC)cc2)nc1. The minimum Gasteiger partial charge on any atom is -0.248 e. The minimum atomic E-state index is -0.591. The molecule has 0 saturated heterocycles. The van der Waals surface area contributed by atoms with Gasteiger partial charge in [0, 0.05) is 18.0 Å². The van der Waals surface area contributed by atoms with Crippen LogP contribution < -0.4 is 0 Å². The Labute approximate surface area is 190 Å². The molecule has 2 nitrogen and oxygen atoms in total. The molecule has 1 atom stereocenters. The highest BCUT2D eigenvalue weighted by molar-refractivity contribution is 5.55. The Morgan fingerprint density at radius 2 is 1.23 bits per heavy atom. The van der Waals surface area contributed by atoms with E-state index in [1.807, 2.05) is 19.3 Å². The predicted molar refractivity (Wildman–Crippen MR) is 131 cm³/mol. The number of aromatic nitrogens is 2. The molecule has 1 heterocycles. The van der Waals surface area contributed by atoms with Gasteiger partial charge in [0.15, 0.2) is 5.82 Å². The third kappa shape index (κ3) is 10.9. The van der Waals surface area contributed by atoms with Crippen LogP contribution in [0.3, 0.4) is 0 Å². The monoisotopic (exact) mass is 426 g/mol. The van der Waals surface area contributed by atoms with Gasteiger partial charge >= 0.3 is 0 Å². The zero-order valence-electron chi connectivity index (χ0n) is 19.9. The molecule has 0 amide bonds. The van der Waals surface area contributed by atoms with Crippen LogP contribution in [0.1, 0.15) is 108 Å². The number of alkyl halides is 1. The van der Waals surface area contributed by atoms with Crippen molar-refractivity contribution < 1.29 is 4.39 Å². The second-order valence-corrected chi connectivity index (χ2v) is 8.94. The quantitative estimate of drug-likeness (QED) is 0.236. The van der Waals surface area contributed by atoms with Crippen molar-refractivity contribution in [3.8, 4) is 11.4 Å². The molecule has 31 heavy (non-hydrogen) atoms. The van der Waals surface area contributed by atoms with E-state index in [1.165, 1.54) is 75.3 Å². The standard InChI is InChI=1S/C28H43FN2/c1-3-5-6-9-13-16-25-22-30-28(31-23-25)26-20-18-24(19-21-26)15-12-10-7-8-11-14-17-27(29)4-2/h18-23,27H,3-17H2,1-2H3. The van der Waals surface area contributed by atoms with Gasteiger partial charge in [0.25, 0.3) is 0 Å². The van der Waals surface area contributed by atoms with E-state index in [0.29, 0.717) is 6.42 Å². The van der Waals surface area contributed by atoms with Crippen molar-refractivity contribution in [2.45, 2.75) is 116 Å². The summed E-state index contributed by atoms with van der Waals surface area (Å²) in [6.07, 6.45) is 20.7. The number of unbranched alkanes of at least 4 members (excludes halogenated alkanes) is 9. The van der Waals surface area contributed by atoms with E-state index >= 15 is 0 Å². The van der Waals surface area contributed by atoms with Crippen LogP contribution in [-0.2, 0) is 12.8 Å². The molecule has 2 aromatic rings. The highest BCUT2D eigenvalue weighted by Crippen LogP contribution is 2.18. The highest BCUT2D eigenvalue weighted by Gasteiger charge is 2.04. The average Bonchev–Trinajstić information content (AvgIpc) is 2.81. The second-order valence-electron chi connectivity index (χ2n) is 8.94. The average molecular weight is 427 g/mol. The first kappa shape index (κ1) is 25.5. The largest absolute Gasteiger partial charge is 0.248 e. The summed E-state index contributed by atoms with van der Waals surface area (Å²) in [7, 11) is 0. The predicted octanol–water partition coefficient (Wildman–Crippen LogP) is 8.68. The lowest BCUT2D eigenvalue weighted by atomic mass is 10.0. The van der Waals surface area contributed by atoms with Crippen LogP contribution in [0.15, 0.2) is 36.7 Å². The molecule has 0 spiro atoms. The van der Waals surface area contributed by atoms with E-state index < -0.39 is 6.17 Å². The third-order valence-corrected chi connectivity index (χ3v) is 6.16. The van der Waals surface area contributed by atoms with Gasteiger partial charge < -0.3 is 0 Å². The summed E-state index contributed by atoms with van der Waals surface area (Å²) in [6, 6.07) is 8.73. The van der Waals surface area contributed by atoms with Gasteiger partial charge in [0.1, 0.15) is 0 Å². The molecule has 0 saturated carbocycles. The zero-order valence-corrected chi connectivity index (χ0v) is 19.9. The van der Waals surface area contributed by atoms with E-state index in [-0.39, 0.29) is 0 Å². The van der Waals surface area contributed by atoms with Gasteiger partial charge in [0.05, 0.1) is 6.17 Å². The van der Waals surface area contributed by atoms with Crippen LogP contribution in [-0.4, -0.2) is 16.1 Å². The fourth-order valence-corrected chi connectivity index (χ4v) is 3.99. The molecule has 1 unspecified atom stereocenters. The maximum Gasteiger partial charge on any atom is 0.159 e. The summed E-state index contributed by atoms with van der Waals surface area (Å²) in [6.45, 7) is 4.18. The highest BCUT2D eigenvalue weighted by atomic mass is 19.1. The molecule has 0 bridgehead atoms. The molecule has 3 heteroatoms. The van der Waals surface area contributed by atoms with Gasteiger partial charge in [-0.15, -0.1) is 0 Å². The number of rotatable bonds is 17. The second kappa shape index (κ2) is 15.9. The van der Waals surface area contributed by atoms with Gasteiger partial charge in [0.2, 0.25) is 0 Å². The Balaban J connectivity index is 1.62. The lowest BCUT2D eigenvalue weighted by Gasteiger charge is -2.06. The normalized spacial score (nSPS) is 12.2. The topological polar surface area (TPSA) is 25.8 Å². The molecule has 0 radical (unpaired) electrons. The van der Waals surface area contributed by atoms with Crippen LogP contribution in [0, 0.1) is 0 Å². The van der Waals surface area contributed by atoms with E-state index in [9.17, 15) is 4.39 Å². The number of hydrogen-bond donors (Lipinski definition) is 0. The summed E-state index contributed by atoms with van der Waals surface area (Å²) in [5.41, 5.74) is 3.72. The van der Waals surface area contributed by atoms with E-state index in [0.717, 1.165) is 37.1 Å². The van der Waals surface area contributed by atoms with E-state index in [4.69, 9.17) is 0 Å². The van der Waals surface area contributed by atoms with Crippen molar-refractivity contribution in [1.82, 2.24) is 9.97 Å². The number of aryl methyl sites for hydroxylation is 2. The lowest BCUT2D eigenvalue weighted by Crippen LogP contribution is -1.96. The summed E-state index contributed by atoms with van der Waals surface area (Å²) >= 11 is 0. The molecule has 0 fully saturated rings. The molecule has 1 aromatic heterocycles. The summed E-state index contributed by atoms with van der Waals surface area (Å²) in [5.74, 6) is 0.819. The molecule has 0 aliphatic rings. The fourth-order valence-electron chi connectivity index (χ4n) is 3.99. The van der Waals surface area contributed by atoms with Crippen LogP contribution in [0.5, 0.6) is 0 Å².